The van der Waals surface area contributed by atoms with Crippen molar-refractivity contribution < 1.29 is 14.3 Å². The topological polar surface area (TPSA) is 101 Å². The van der Waals surface area contributed by atoms with E-state index in [-0.39, 0.29) is 17.9 Å². The number of amides is 2. The molecular formula is C24H34N6O3. The summed E-state index contributed by atoms with van der Waals surface area (Å²) in [6.45, 7) is 6.43. The molecule has 3 aliphatic rings. The van der Waals surface area contributed by atoms with Crippen molar-refractivity contribution in [1.82, 2.24) is 25.0 Å². The average molecular weight is 455 g/mol. The van der Waals surface area contributed by atoms with Gasteiger partial charge in [0.2, 0.25) is 5.91 Å². The van der Waals surface area contributed by atoms with Crippen LogP contribution in [0.3, 0.4) is 0 Å². The van der Waals surface area contributed by atoms with Gasteiger partial charge in [-0.3, -0.25) is 9.59 Å². The van der Waals surface area contributed by atoms with Crippen molar-refractivity contribution in [2.75, 3.05) is 38.2 Å². The summed E-state index contributed by atoms with van der Waals surface area (Å²) in [5.41, 5.74) is 2.16. The van der Waals surface area contributed by atoms with Gasteiger partial charge in [-0.25, -0.2) is 9.67 Å². The highest BCUT2D eigenvalue weighted by Gasteiger charge is 2.35. The van der Waals surface area contributed by atoms with Crippen LogP contribution in [0, 0.1) is 11.8 Å². The molecule has 2 saturated heterocycles. The number of pyridine rings is 1. The molecule has 0 spiro atoms. The molecule has 178 valence electrons. The molecule has 2 aliphatic heterocycles. The molecule has 33 heavy (non-hydrogen) atoms. The minimum Gasteiger partial charge on any atom is -0.381 e. The van der Waals surface area contributed by atoms with Crippen molar-refractivity contribution in [3.63, 3.8) is 0 Å². The molecule has 0 aromatic carbocycles. The van der Waals surface area contributed by atoms with Gasteiger partial charge in [-0.15, -0.1) is 0 Å². The Bertz CT molecular complexity index is 1000. The van der Waals surface area contributed by atoms with E-state index in [0.717, 1.165) is 88.1 Å². The van der Waals surface area contributed by atoms with Gasteiger partial charge in [0.1, 0.15) is 0 Å². The molecule has 2 amide bonds. The summed E-state index contributed by atoms with van der Waals surface area (Å²) in [6, 6.07) is 0.259. The maximum Gasteiger partial charge on any atom is 0.254 e. The Morgan fingerprint density at radius 1 is 1.09 bits per heavy atom. The van der Waals surface area contributed by atoms with Gasteiger partial charge >= 0.3 is 0 Å². The van der Waals surface area contributed by atoms with Gasteiger partial charge in [-0.2, -0.15) is 5.10 Å². The fraction of sp³-hybridized carbons (Fsp3) is 0.667. The summed E-state index contributed by atoms with van der Waals surface area (Å²) in [6.07, 6.45) is 9.26. The van der Waals surface area contributed by atoms with E-state index in [0.29, 0.717) is 23.9 Å². The molecule has 2 aromatic rings. The van der Waals surface area contributed by atoms with Crippen LogP contribution in [-0.2, 0) is 16.1 Å². The molecular weight excluding hydrogens is 420 g/mol. The number of aromatic nitrogens is 3. The fourth-order valence-electron chi connectivity index (χ4n) is 4.91. The Balaban J connectivity index is 1.26. The molecule has 9 heteroatoms. The second-order valence-corrected chi connectivity index (χ2v) is 9.53. The summed E-state index contributed by atoms with van der Waals surface area (Å²) in [5.74, 6) is 0.888. The summed E-state index contributed by atoms with van der Waals surface area (Å²) in [7, 11) is 0. The first-order chi connectivity index (χ1) is 16.1. The van der Waals surface area contributed by atoms with E-state index in [4.69, 9.17) is 4.74 Å². The van der Waals surface area contributed by atoms with Gasteiger partial charge < -0.3 is 20.3 Å². The van der Waals surface area contributed by atoms with Crippen molar-refractivity contribution in [1.29, 1.82) is 0 Å². The number of anilines is 1. The van der Waals surface area contributed by atoms with Gasteiger partial charge in [0.25, 0.3) is 5.91 Å². The van der Waals surface area contributed by atoms with Crippen LogP contribution in [0.4, 0.5) is 5.69 Å². The van der Waals surface area contributed by atoms with Crippen LogP contribution < -0.4 is 10.6 Å². The van der Waals surface area contributed by atoms with Crippen LogP contribution in [0.15, 0.2) is 12.4 Å². The third-order valence-electron chi connectivity index (χ3n) is 7.18. The van der Waals surface area contributed by atoms with Crippen molar-refractivity contribution in [3.05, 3.63) is 18.0 Å². The molecule has 2 aromatic heterocycles. The summed E-state index contributed by atoms with van der Waals surface area (Å²) >= 11 is 0. The smallest absolute Gasteiger partial charge is 0.254 e. The number of nitrogens with one attached hydrogen (secondary N) is 2. The van der Waals surface area contributed by atoms with Crippen molar-refractivity contribution in [2.24, 2.45) is 11.8 Å². The van der Waals surface area contributed by atoms with Crippen LogP contribution in [0.1, 0.15) is 55.8 Å². The Kier molecular flexibility index (Phi) is 6.48. The Labute approximate surface area is 194 Å². The third-order valence-corrected chi connectivity index (χ3v) is 7.18. The molecule has 5 rings (SSSR count). The highest BCUT2D eigenvalue weighted by molar-refractivity contribution is 6.06. The zero-order valence-electron chi connectivity index (χ0n) is 19.4. The predicted octanol–water partition coefficient (Wildman–Crippen LogP) is 2.42. The molecule has 9 nitrogen and oxygen atoms in total. The van der Waals surface area contributed by atoms with E-state index in [2.05, 4.69) is 20.7 Å². The number of nitrogens with zero attached hydrogens (tertiary/aromatic N) is 4. The lowest BCUT2D eigenvalue weighted by Gasteiger charge is -2.32. The van der Waals surface area contributed by atoms with E-state index < -0.39 is 0 Å². The zero-order valence-corrected chi connectivity index (χ0v) is 19.4. The van der Waals surface area contributed by atoms with Gasteiger partial charge in [-0.1, -0.05) is 0 Å². The van der Waals surface area contributed by atoms with E-state index >= 15 is 0 Å². The number of hydrogen-bond donors (Lipinski definition) is 2. The van der Waals surface area contributed by atoms with Crippen molar-refractivity contribution >= 4 is 28.5 Å². The fourth-order valence-corrected chi connectivity index (χ4v) is 4.91. The van der Waals surface area contributed by atoms with Crippen LogP contribution >= 0.6 is 0 Å². The Morgan fingerprint density at radius 3 is 2.55 bits per heavy atom. The number of hydrogen-bond acceptors (Lipinski definition) is 6. The lowest BCUT2D eigenvalue weighted by molar-refractivity contribution is -0.133. The monoisotopic (exact) mass is 454 g/mol. The van der Waals surface area contributed by atoms with E-state index in [1.165, 1.54) is 0 Å². The molecule has 0 bridgehead atoms. The second-order valence-electron chi connectivity index (χ2n) is 9.53. The lowest BCUT2D eigenvalue weighted by Crippen LogP contribution is -2.42. The molecule has 3 fully saturated rings. The molecule has 0 atom stereocenters. The number of ether oxygens (including phenoxy) is 1. The lowest BCUT2D eigenvalue weighted by atomic mass is 9.96. The number of rotatable bonds is 7. The quantitative estimate of drug-likeness (QED) is 0.666. The van der Waals surface area contributed by atoms with Crippen LogP contribution in [-0.4, -0.2) is 70.4 Å². The van der Waals surface area contributed by atoms with E-state index in [1.54, 1.807) is 12.4 Å². The summed E-state index contributed by atoms with van der Waals surface area (Å²) < 4.78 is 7.35. The highest BCUT2D eigenvalue weighted by atomic mass is 16.5. The SMILES string of the molecule is CCn1ncc2c(NC3CCOCC3)c(C(=O)NCC3CCN(C(=O)C4CC4)CC3)cnc21. The molecule has 1 aliphatic carbocycles. The second kappa shape index (κ2) is 9.67. The minimum atomic E-state index is -0.111. The highest BCUT2D eigenvalue weighted by Crippen LogP contribution is 2.32. The average Bonchev–Trinajstić information content (AvgIpc) is 3.62. The maximum atomic E-state index is 13.2. The number of carbonyl (C=O) groups excluding carboxylic acids is 2. The van der Waals surface area contributed by atoms with Gasteiger partial charge in [0, 0.05) is 57.5 Å². The first-order valence-corrected chi connectivity index (χ1v) is 12.4. The number of aryl methyl sites for hydroxylation is 1. The summed E-state index contributed by atoms with van der Waals surface area (Å²) in [4.78, 5) is 32.1. The molecule has 0 radical (unpaired) electrons. The molecule has 1 saturated carbocycles. The largest absolute Gasteiger partial charge is 0.381 e. The van der Waals surface area contributed by atoms with Gasteiger partial charge in [-0.05, 0) is 51.4 Å². The standard InChI is InChI=1S/C24H34N6O3/c1-2-30-22-19(15-27-30)21(28-18-7-11-33-12-8-18)20(14-25-22)23(31)26-13-16-5-9-29(10-6-16)24(32)17-3-4-17/h14-18H,2-13H2,1H3,(H,25,28)(H,26,31). The molecule has 4 heterocycles. The van der Waals surface area contributed by atoms with Crippen molar-refractivity contribution in [3.8, 4) is 0 Å². The molecule has 2 N–H and O–H groups in total. The number of piperidine rings is 1. The van der Waals surface area contributed by atoms with Crippen LogP contribution in [0.2, 0.25) is 0 Å². The first-order valence-electron chi connectivity index (χ1n) is 12.4. The number of likely N-dealkylation sites (tertiary alicyclic amines) is 1. The Morgan fingerprint density at radius 2 is 1.85 bits per heavy atom. The molecule has 0 unspecified atom stereocenters. The van der Waals surface area contributed by atoms with Crippen LogP contribution in [0.5, 0.6) is 0 Å². The Hall–Kier alpha value is -2.68. The number of fused-ring (bicyclic) bond motifs is 1. The van der Waals surface area contributed by atoms with E-state index in [9.17, 15) is 9.59 Å². The number of carbonyl (C=O) groups is 2. The predicted molar refractivity (Wildman–Crippen MR) is 125 cm³/mol. The normalized spacial score (nSPS) is 20.2. The van der Waals surface area contributed by atoms with Gasteiger partial charge in [0.15, 0.2) is 5.65 Å². The zero-order chi connectivity index (χ0) is 22.8. The third kappa shape index (κ3) is 4.83. The van der Waals surface area contributed by atoms with Crippen molar-refractivity contribution in [2.45, 2.75) is 58.0 Å². The minimum absolute atomic E-state index is 0.111. The summed E-state index contributed by atoms with van der Waals surface area (Å²) in [5, 5.41) is 12.1. The maximum absolute atomic E-state index is 13.2. The van der Waals surface area contributed by atoms with Crippen LogP contribution in [0.25, 0.3) is 11.0 Å². The van der Waals surface area contributed by atoms with E-state index in [1.807, 2.05) is 16.5 Å². The first kappa shape index (κ1) is 22.1. The van der Waals surface area contributed by atoms with Gasteiger partial charge in [0.05, 0.1) is 22.8 Å².